The van der Waals surface area contributed by atoms with E-state index < -0.39 is 0 Å². The lowest BCUT2D eigenvalue weighted by atomic mass is 10.1. The van der Waals surface area contributed by atoms with Crippen LogP contribution in [0.1, 0.15) is 5.56 Å². The fraction of sp³-hybridized carbons (Fsp3) is 0.0588. The first kappa shape index (κ1) is 11.9. The summed E-state index contributed by atoms with van der Waals surface area (Å²) >= 11 is 0. The second-order valence-corrected chi connectivity index (χ2v) is 5.01. The summed E-state index contributed by atoms with van der Waals surface area (Å²) in [7, 11) is 0. The molecule has 102 valence electrons. The Balaban J connectivity index is 1.56. The number of benzene rings is 2. The zero-order chi connectivity index (χ0) is 14.1. The number of hydrogen-bond acceptors (Lipinski definition) is 3. The Bertz CT molecular complexity index is 911. The Kier molecular flexibility index (Phi) is 2.78. The average Bonchev–Trinajstić information content (AvgIpc) is 3.00. The van der Waals surface area contributed by atoms with Gasteiger partial charge in [0.15, 0.2) is 0 Å². The fourth-order valence-electron chi connectivity index (χ4n) is 2.48. The normalized spacial score (nSPS) is 11.0. The highest BCUT2D eigenvalue weighted by Gasteiger charge is 2.00. The second kappa shape index (κ2) is 4.90. The zero-order valence-corrected chi connectivity index (χ0v) is 11.4. The topological polar surface area (TPSA) is 53.6 Å². The quantitative estimate of drug-likeness (QED) is 0.598. The highest BCUT2D eigenvalue weighted by molar-refractivity contribution is 5.80. The minimum atomic E-state index is 0.779. The number of aromatic nitrogens is 3. The molecule has 0 radical (unpaired) electrons. The largest absolute Gasteiger partial charge is 0.381 e. The summed E-state index contributed by atoms with van der Waals surface area (Å²) in [6, 6.07) is 14.6. The maximum Gasteiger partial charge on any atom is 0.0907 e. The Morgan fingerprint density at radius 2 is 1.81 bits per heavy atom. The molecule has 2 N–H and O–H groups in total. The molecule has 4 aromatic rings. The molecular weight excluding hydrogens is 260 g/mol. The van der Waals surface area contributed by atoms with Gasteiger partial charge < -0.3 is 10.3 Å². The van der Waals surface area contributed by atoms with E-state index >= 15 is 0 Å². The van der Waals surface area contributed by atoms with Gasteiger partial charge in [-0.3, -0.25) is 9.97 Å². The third-order valence-corrected chi connectivity index (χ3v) is 3.59. The van der Waals surface area contributed by atoms with Crippen molar-refractivity contribution in [1.82, 2.24) is 15.0 Å². The molecule has 0 fully saturated rings. The Labute approximate surface area is 121 Å². The van der Waals surface area contributed by atoms with Crippen molar-refractivity contribution in [3.63, 3.8) is 0 Å². The molecule has 0 aliphatic carbocycles. The number of aromatic amines is 1. The molecule has 0 aliphatic heterocycles. The molecule has 4 rings (SSSR count). The van der Waals surface area contributed by atoms with Gasteiger partial charge in [0.2, 0.25) is 0 Å². The van der Waals surface area contributed by atoms with E-state index in [0.29, 0.717) is 0 Å². The second-order valence-electron chi connectivity index (χ2n) is 5.01. The van der Waals surface area contributed by atoms with E-state index in [1.165, 1.54) is 16.5 Å². The Morgan fingerprint density at radius 1 is 0.905 bits per heavy atom. The summed E-state index contributed by atoms with van der Waals surface area (Å²) in [5.74, 6) is 0. The van der Waals surface area contributed by atoms with Crippen molar-refractivity contribution in [2.24, 2.45) is 0 Å². The van der Waals surface area contributed by atoms with Gasteiger partial charge in [0.25, 0.3) is 0 Å². The number of rotatable bonds is 3. The predicted octanol–water partition coefficient (Wildman–Crippen LogP) is 3.72. The van der Waals surface area contributed by atoms with Crippen LogP contribution in [0.5, 0.6) is 0 Å². The standard InChI is InChI=1S/C17H14N4/c1-2-13-5-6-18-16(13)9-12(1)11-21-14-3-4-15-17(10-14)20-8-7-19-15/h1-10,18,21H,11H2. The van der Waals surface area contributed by atoms with E-state index in [-0.39, 0.29) is 0 Å². The van der Waals surface area contributed by atoms with Crippen molar-refractivity contribution in [2.75, 3.05) is 5.32 Å². The SMILES string of the molecule is c1cnc2cc(NCc3ccc4cc[nH]c4c3)ccc2n1. The smallest absolute Gasteiger partial charge is 0.0907 e. The molecule has 0 saturated carbocycles. The highest BCUT2D eigenvalue weighted by atomic mass is 14.9. The van der Waals surface area contributed by atoms with E-state index in [9.17, 15) is 0 Å². The lowest BCUT2D eigenvalue weighted by molar-refractivity contribution is 1.15. The number of fused-ring (bicyclic) bond motifs is 2. The van der Waals surface area contributed by atoms with Crippen molar-refractivity contribution < 1.29 is 0 Å². The van der Waals surface area contributed by atoms with E-state index in [2.05, 4.69) is 44.5 Å². The number of hydrogen-bond donors (Lipinski definition) is 2. The number of anilines is 1. The van der Waals surface area contributed by atoms with Crippen LogP contribution in [0.25, 0.3) is 21.9 Å². The van der Waals surface area contributed by atoms with Gasteiger partial charge in [-0.2, -0.15) is 0 Å². The van der Waals surface area contributed by atoms with Gasteiger partial charge in [0.1, 0.15) is 0 Å². The maximum atomic E-state index is 4.32. The molecule has 0 aliphatic rings. The predicted molar refractivity (Wildman–Crippen MR) is 85.2 cm³/mol. The van der Waals surface area contributed by atoms with Crippen molar-refractivity contribution in [2.45, 2.75) is 6.54 Å². The van der Waals surface area contributed by atoms with Crippen LogP contribution in [-0.4, -0.2) is 15.0 Å². The van der Waals surface area contributed by atoms with Crippen LogP contribution < -0.4 is 5.32 Å². The third-order valence-electron chi connectivity index (χ3n) is 3.59. The molecule has 0 unspecified atom stereocenters. The van der Waals surface area contributed by atoms with E-state index in [0.717, 1.165) is 23.3 Å². The van der Waals surface area contributed by atoms with Crippen molar-refractivity contribution in [3.8, 4) is 0 Å². The molecule has 0 atom stereocenters. The molecule has 0 saturated heterocycles. The van der Waals surface area contributed by atoms with Crippen molar-refractivity contribution in [3.05, 3.63) is 66.6 Å². The number of nitrogens with one attached hydrogen (secondary N) is 2. The van der Waals surface area contributed by atoms with Crippen LogP contribution in [0.4, 0.5) is 5.69 Å². The van der Waals surface area contributed by atoms with E-state index in [4.69, 9.17) is 0 Å². The summed E-state index contributed by atoms with van der Waals surface area (Å²) < 4.78 is 0. The summed E-state index contributed by atoms with van der Waals surface area (Å²) in [6.07, 6.45) is 5.39. The molecule has 2 heterocycles. The monoisotopic (exact) mass is 274 g/mol. The third kappa shape index (κ3) is 2.31. The molecule has 0 amide bonds. The van der Waals surface area contributed by atoms with Crippen LogP contribution in [0, 0.1) is 0 Å². The van der Waals surface area contributed by atoms with Crippen LogP contribution in [0.3, 0.4) is 0 Å². The van der Waals surface area contributed by atoms with Gasteiger partial charge in [0.05, 0.1) is 11.0 Å². The molecule has 0 spiro atoms. The zero-order valence-electron chi connectivity index (χ0n) is 11.4. The average molecular weight is 274 g/mol. The lowest BCUT2D eigenvalue weighted by Crippen LogP contribution is -1.99. The molecule has 0 bridgehead atoms. The first-order chi connectivity index (χ1) is 10.4. The van der Waals surface area contributed by atoms with E-state index in [1.54, 1.807) is 12.4 Å². The fourth-order valence-corrected chi connectivity index (χ4v) is 2.48. The van der Waals surface area contributed by atoms with Crippen molar-refractivity contribution >= 4 is 27.6 Å². The van der Waals surface area contributed by atoms with Crippen LogP contribution >= 0.6 is 0 Å². The van der Waals surface area contributed by atoms with Crippen molar-refractivity contribution in [1.29, 1.82) is 0 Å². The Hall–Kier alpha value is -2.88. The number of nitrogens with zero attached hydrogens (tertiary/aromatic N) is 2. The molecular formula is C17H14N4. The van der Waals surface area contributed by atoms with Gasteiger partial charge in [0, 0.05) is 36.3 Å². The summed E-state index contributed by atoms with van der Waals surface area (Å²) in [5.41, 5.74) is 5.27. The summed E-state index contributed by atoms with van der Waals surface area (Å²) in [5, 5.41) is 4.66. The minimum absolute atomic E-state index is 0.779. The van der Waals surface area contributed by atoms with Gasteiger partial charge in [-0.05, 0) is 41.3 Å². The molecule has 4 nitrogen and oxygen atoms in total. The Morgan fingerprint density at radius 3 is 2.76 bits per heavy atom. The van der Waals surface area contributed by atoms with Gasteiger partial charge in [-0.1, -0.05) is 12.1 Å². The van der Waals surface area contributed by atoms with Crippen LogP contribution in [0.2, 0.25) is 0 Å². The minimum Gasteiger partial charge on any atom is -0.381 e. The molecule has 2 aromatic heterocycles. The molecule has 2 aromatic carbocycles. The lowest BCUT2D eigenvalue weighted by Gasteiger charge is -2.07. The first-order valence-electron chi connectivity index (χ1n) is 6.89. The van der Waals surface area contributed by atoms with Gasteiger partial charge >= 0.3 is 0 Å². The van der Waals surface area contributed by atoms with Gasteiger partial charge in [-0.15, -0.1) is 0 Å². The summed E-state index contributed by atoms with van der Waals surface area (Å²) in [4.78, 5) is 11.8. The number of H-pyrrole nitrogens is 1. The van der Waals surface area contributed by atoms with Crippen LogP contribution in [-0.2, 0) is 6.54 Å². The van der Waals surface area contributed by atoms with Gasteiger partial charge in [-0.25, -0.2) is 0 Å². The molecule has 4 heteroatoms. The summed E-state index contributed by atoms with van der Waals surface area (Å²) in [6.45, 7) is 0.779. The first-order valence-corrected chi connectivity index (χ1v) is 6.89. The highest BCUT2D eigenvalue weighted by Crippen LogP contribution is 2.18. The maximum absolute atomic E-state index is 4.32. The van der Waals surface area contributed by atoms with Crippen LogP contribution in [0.15, 0.2) is 61.1 Å². The van der Waals surface area contributed by atoms with E-state index in [1.807, 2.05) is 24.4 Å². The molecule has 21 heavy (non-hydrogen) atoms.